The Morgan fingerprint density at radius 2 is 1.93 bits per heavy atom. The summed E-state index contributed by atoms with van der Waals surface area (Å²) in [4.78, 5) is 30.4. The summed E-state index contributed by atoms with van der Waals surface area (Å²) >= 11 is 6.02. The number of likely N-dealkylation sites (tertiary alicyclic amines) is 1. The lowest BCUT2D eigenvalue weighted by Gasteiger charge is -2.31. The minimum atomic E-state index is -0.207. The molecule has 2 aromatic carbocycles. The number of anilines is 1. The molecule has 1 aliphatic heterocycles. The van der Waals surface area contributed by atoms with Gasteiger partial charge in [-0.15, -0.1) is 0 Å². The molecule has 2 heterocycles. The molecule has 2 N–H and O–H groups in total. The molecule has 138 valence electrons. The van der Waals surface area contributed by atoms with E-state index in [0.29, 0.717) is 23.8 Å². The largest absolute Gasteiger partial charge is 0.351 e. The fourth-order valence-corrected chi connectivity index (χ4v) is 3.71. The first-order chi connectivity index (χ1) is 13.1. The highest BCUT2D eigenvalue weighted by atomic mass is 35.5. The molecule has 0 radical (unpaired) electrons. The van der Waals surface area contributed by atoms with Gasteiger partial charge in [0.15, 0.2) is 0 Å². The third-order valence-corrected chi connectivity index (χ3v) is 5.17. The second-order valence-corrected chi connectivity index (χ2v) is 7.30. The molecule has 0 aliphatic carbocycles. The summed E-state index contributed by atoms with van der Waals surface area (Å²) in [5.41, 5.74) is 2.17. The molecule has 0 saturated carbocycles. The number of aromatic nitrogens is 1. The van der Waals surface area contributed by atoms with Crippen LogP contribution in [0.3, 0.4) is 0 Å². The van der Waals surface area contributed by atoms with Gasteiger partial charge in [0.05, 0.1) is 5.92 Å². The number of benzene rings is 2. The van der Waals surface area contributed by atoms with Gasteiger partial charge in [-0.2, -0.15) is 0 Å². The Morgan fingerprint density at radius 1 is 1.11 bits per heavy atom. The van der Waals surface area contributed by atoms with Gasteiger partial charge in [0.2, 0.25) is 5.91 Å². The standard InChI is InChI=1S/C21H20ClN3O2/c22-16-8-9-18-15(11-16)12-19(24-18)21(27)25-10-4-5-14(13-25)20(26)23-17-6-2-1-3-7-17/h1-3,6-9,11-12,14,24H,4-5,10,13H2,(H,23,26)/t14-/m1/s1. The Balaban J connectivity index is 1.46. The van der Waals surface area contributed by atoms with E-state index in [1.165, 1.54) is 0 Å². The van der Waals surface area contributed by atoms with Gasteiger partial charge in [-0.1, -0.05) is 29.8 Å². The summed E-state index contributed by atoms with van der Waals surface area (Å²) in [6.07, 6.45) is 1.59. The van der Waals surface area contributed by atoms with Crippen LogP contribution in [0.5, 0.6) is 0 Å². The number of carbonyl (C=O) groups is 2. The molecular weight excluding hydrogens is 362 g/mol. The quantitative estimate of drug-likeness (QED) is 0.709. The van der Waals surface area contributed by atoms with Gasteiger partial charge in [-0.25, -0.2) is 0 Å². The van der Waals surface area contributed by atoms with Crippen molar-refractivity contribution in [2.24, 2.45) is 5.92 Å². The number of fused-ring (bicyclic) bond motifs is 1. The van der Waals surface area contributed by atoms with Gasteiger partial charge >= 0.3 is 0 Å². The number of nitrogens with one attached hydrogen (secondary N) is 2. The lowest BCUT2D eigenvalue weighted by molar-refractivity contribution is -0.121. The van der Waals surface area contributed by atoms with Gasteiger partial charge in [0.25, 0.3) is 5.91 Å². The van der Waals surface area contributed by atoms with Crippen LogP contribution < -0.4 is 5.32 Å². The number of hydrogen-bond donors (Lipinski definition) is 2. The van der Waals surface area contributed by atoms with Crippen molar-refractivity contribution in [3.8, 4) is 0 Å². The summed E-state index contributed by atoms with van der Waals surface area (Å²) in [7, 11) is 0. The van der Waals surface area contributed by atoms with Crippen LogP contribution in [0.25, 0.3) is 10.9 Å². The molecule has 3 aromatic rings. The summed E-state index contributed by atoms with van der Waals surface area (Å²) in [6, 6.07) is 16.7. The van der Waals surface area contributed by atoms with Crippen LogP contribution in [0.2, 0.25) is 5.02 Å². The smallest absolute Gasteiger partial charge is 0.270 e. The van der Waals surface area contributed by atoms with E-state index in [4.69, 9.17) is 11.6 Å². The van der Waals surface area contributed by atoms with E-state index < -0.39 is 0 Å². The maximum atomic E-state index is 12.9. The maximum Gasteiger partial charge on any atom is 0.270 e. The van der Waals surface area contributed by atoms with E-state index in [1.54, 1.807) is 11.0 Å². The van der Waals surface area contributed by atoms with Crippen LogP contribution >= 0.6 is 11.6 Å². The lowest BCUT2D eigenvalue weighted by Crippen LogP contribution is -2.43. The van der Waals surface area contributed by atoms with Crippen molar-refractivity contribution in [3.05, 3.63) is 65.3 Å². The first-order valence-corrected chi connectivity index (χ1v) is 9.41. The molecule has 0 unspecified atom stereocenters. The number of hydrogen-bond acceptors (Lipinski definition) is 2. The van der Waals surface area contributed by atoms with Gasteiger partial charge in [0, 0.05) is 34.7 Å². The van der Waals surface area contributed by atoms with Crippen LogP contribution in [0.15, 0.2) is 54.6 Å². The van der Waals surface area contributed by atoms with E-state index in [-0.39, 0.29) is 17.7 Å². The average Bonchev–Trinajstić information content (AvgIpc) is 3.11. The second kappa shape index (κ2) is 7.45. The zero-order valence-corrected chi connectivity index (χ0v) is 15.5. The highest BCUT2D eigenvalue weighted by Gasteiger charge is 2.29. The lowest BCUT2D eigenvalue weighted by atomic mass is 9.96. The Bertz CT molecular complexity index is 984. The van der Waals surface area contributed by atoms with E-state index in [2.05, 4.69) is 10.3 Å². The van der Waals surface area contributed by atoms with Gasteiger partial charge < -0.3 is 15.2 Å². The van der Waals surface area contributed by atoms with Crippen molar-refractivity contribution in [2.75, 3.05) is 18.4 Å². The van der Waals surface area contributed by atoms with E-state index in [0.717, 1.165) is 29.4 Å². The SMILES string of the molecule is O=C(Nc1ccccc1)[C@@H]1CCCN(C(=O)c2cc3cc(Cl)ccc3[nH]2)C1. The molecule has 1 saturated heterocycles. The minimum Gasteiger partial charge on any atom is -0.351 e. The molecule has 1 fully saturated rings. The number of aromatic amines is 1. The molecule has 1 atom stereocenters. The third-order valence-electron chi connectivity index (χ3n) is 4.93. The Kier molecular flexibility index (Phi) is 4.86. The molecule has 6 heteroatoms. The first kappa shape index (κ1) is 17.6. The number of halogens is 1. The average molecular weight is 382 g/mol. The highest BCUT2D eigenvalue weighted by molar-refractivity contribution is 6.31. The number of para-hydroxylation sites is 1. The topological polar surface area (TPSA) is 65.2 Å². The van der Waals surface area contributed by atoms with Crippen LogP contribution in [-0.2, 0) is 4.79 Å². The summed E-state index contributed by atoms with van der Waals surface area (Å²) in [5, 5.41) is 4.48. The summed E-state index contributed by atoms with van der Waals surface area (Å²) in [6.45, 7) is 1.08. The van der Waals surface area contributed by atoms with Crippen molar-refractivity contribution >= 4 is 40.0 Å². The summed E-state index contributed by atoms with van der Waals surface area (Å²) in [5.74, 6) is -0.330. The fourth-order valence-electron chi connectivity index (χ4n) is 3.53. The zero-order chi connectivity index (χ0) is 18.8. The van der Waals surface area contributed by atoms with E-state index >= 15 is 0 Å². The second-order valence-electron chi connectivity index (χ2n) is 6.86. The van der Waals surface area contributed by atoms with E-state index in [1.807, 2.05) is 48.5 Å². The number of amides is 2. The molecule has 0 spiro atoms. The normalized spacial score (nSPS) is 17.1. The molecule has 4 rings (SSSR count). The number of rotatable bonds is 3. The highest BCUT2D eigenvalue weighted by Crippen LogP contribution is 2.24. The number of H-pyrrole nitrogens is 1. The fraction of sp³-hybridized carbons (Fsp3) is 0.238. The number of carbonyl (C=O) groups excluding carboxylic acids is 2. The van der Waals surface area contributed by atoms with Crippen LogP contribution in [-0.4, -0.2) is 34.8 Å². The van der Waals surface area contributed by atoms with Crippen molar-refractivity contribution < 1.29 is 9.59 Å². The van der Waals surface area contributed by atoms with Crippen LogP contribution in [0.1, 0.15) is 23.3 Å². The van der Waals surface area contributed by atoms with Gasteiger partial charge in [-0.3, -0.25) is 9.59 Å². The monoisotopic (exact) mass is 381 g/mol. The number of piperidine rings is 1. The molecule has 5 nitrogen and oxygen atoms in total. The van der Waals surface area contributed by atoms with Gasteiger partial charge in [0.1, 0.15) is 5.69 Å². The molecule has 2 amide bonds. The van der Waals surface area contributed by atoms with Crippen LogP contribution in [0.4, 0.5) is 5.69 Å². The maximum absolute atomic E-state index is 12.9. The van der Waals surface area contributed by atoms with Crippen molar-refractivity contribution in [1.82, 2.24) is 9.88 Å². The predicted molar refractivity (Wildman–Crippen MR) is 107 cm³/mol. The summed E-state index contributed by atoms with van der Waals surface area (Å²) < 4.78 is 0. The third kappa shape index (κ3) is 3.83. The molecule has 27 heavy (non-hydrogen) atoms. The molecular formula is C21H20ClN3O2. The van der Waals surface area contributed by atoms with Crippen molar-refractivity contribution in [3.63, 3.8) is 0 Å². The molecule has 1 aromatic heterocycles. The molecule has 0 bridgehead atoms. The predicted octanol–water partition coefficient (Wildman–Crippen LogP) is 4.31. The molecule has 1 aliphatic rings. The first-order valence-electron chi connectivity index (χ1n) is 9.03. The Labute approximate surface area is 162 Å². The van der Waals surface area contributed by atoms with E-state index in [9.17, 15) is 9.59 Å². The zero-order valence-electron chi connectivity index (χ0n) is 14.7. The van der Waals surface area contributed by atoms with Crippen LogP contribution in [0, 0.1) is 5.92 Å². The van der Waals surface area contributed by atoms with Gasteiger partial charge in [-0.05, 0) is 49.2 Å². The number of nitrogens with zero attached hydrogens (tertiary/aromatic N) is 1. The van der Waals surface area contributed by atoms with Crippen molar-refractivity contribution in [2.45, 2.75) is 12.8 Å². The minimum absolute atomic E-state index is 0.0397. The Hall–Kier alpha value is -2.79. The Morgan fingerprint density at radius 3 is 2.74 bits per heavy atom. The van der Waals surface area contributed by atoms with Crippen molar-refractivity contribution in [1.29, 1.82) is 0 Å².